The van der Waals surface area contributed by atoms with E-state index in [1.807, 2.05) is 0 Å². The molecule has 0 aliphatic heterocycles. The molecule has 0 saturated carbocycles. The second kappa shape index (κ2) is 62.4. The van der Waals surface area contributed by atoms with E-state index in [9.17, 15) is 14.4 Å². The molecule has 0 heterocycles. The van der Waals surface area contributed by atoms with Gasteiger partial charge < -0.3 is 14.2 Å². The van der Waals surface area contributed by atoms with Gasteiger partial charge in [-0.3, -0.25) is 14.4 Å². The number of allylic oxidation sites excluding steroid dienone is 4. The minimum absolute atomic E-state index is 0.0648. The molecule has 0 amide bonds. The highest BCUT2D eigenvalue weighted by molar-refractivity contribution is 5.71. The van der Waals surface area contributed by atoms with Crippen LogP contribution in [0.5, 0.6) is 0 Å². The van der Waals surface area contributed by atoms with E-state index >= 15 is 0 Å². The number of unbranched alkanes of at least 4 members (excludes halogenated alkanes) is 46. The number of carbonyl (C=O) groups excluding carboxylic acids is 3. The summed E-state index contributed by atoms with van der Waals surface area (Å²) in [5.41, 5.74) is 0. The zero-order chi connectivity index (χ0) is 52.9. The zero-order valence-electron chi connectivity index (χ0n) is 49.4. The predicted octanol–water partition coefficient (Wildman–Crippen LogP) is 22.2. The maximum atomic E-state index is 12.8. The molecule has 0 spiro atoms. The normalized spacial score (nSPS) is 12.1. The molecular formula is C67H126O6. The Labute approximate surface area is 455 Å². The summed E-state index contributed by atoms with van der Waals surface area (Å²) < 4.78 is 16.8. The van der Waals surface area contributed by atoms with Crippen molar-refractivity contribution in [2.24, 2.45) is 0 Å². The van der Waals surface area contributed by atoms with Gasteiger partial charge in [-0.1, -0.05) is 321 Å². The molecule has 1 unspecified atom stereocenters. The third-order valence-electron chi connectivity index (χ3n) is 15.0. The maximum Gasteiger partial charge on any atom is 0.306 e. The van der Waals surface area contributed by atoms with Crippen LogP contribution in [0.15, 0.2) is 24.3 Å². The maximum absolute atomic E-state index is 12.8. The Bertz CT molecular complexity index is 1180. The average molecular weight is 1030 g/mol. The van der Waals surface area contributed by atoms with Crippen molar-refractivity contribution in [3.05, 3.63) is 24.3 Å². The summed E-state index contributed by atoms with van der Waals surface area (Å²) in [4.78, 5) is 37.9. The fraction of sp³-hybridized carbons (Fsp3) is 0.896. The number of hydrogen-bond acceptors (Lipinski definition) is 6. The summed E-state index contributed by atoms with van der Waals surface area (Å²) in [6.07, 6.45) is 75.4. The Morgan fingerprint density at radius 2 is 0.493 bits per heavy atom. The van der Waals surface area contributed by atoms with Gasteiger partial charge in [-0.2, -0.15) is 0 Å². The van der Waals surface area contributed by atoms with Crippen LogP contribution in [0, 0.1) is 0 Å². The zero-order valence-corrected chi connectivity index (χ0v) is 49.4. The van der Waals surface area contributed by atoms with Gasteiger partial charge in [0.15, 0.2) is 6.10 Å². The van der Waals surface area contributed by atoms with Crippen LogP contribution in [-0.2, 0) is 28.6 Å². The molecule has 0 aromatic carbocycles. The minimum Gasteiger partial charge on any atom is -0.462 e. The highest BCUT2D eigenvalue weighted by atomic mass is 16.6. The van der Waals surface area contributed by atoms with Crippen molar-refractivity contribution < 1.29 is 28.6 Å². The molecule has 6 nitrogen and oxygen atoms in total. The van der Waals surface area contributed by atoms with E-state index in [1.165, 1.54) is 257 Å². The van der Waals surface area contributed by atoms with E-state index in [0.29, 0.717) is 19.3 Å². The SMILES string of the molecule is CCCCCCC/C=C\C/C=C\CCCCCCCCCCCCCCCCCCCCCCCC(=O)OCC(COC(=O)CCCCCCC)OC(=O)CCCCCCCCCCCCCCCCCCC. The van der Waals surface area contributed by atoms with E-state index < -0.39 is 6.10 Å². The second-order valence-corrected chi connectivity index (χ2v) is 22.4. The number of hydrogen-bond donors (Lipinski definition) is 0. The third-order valence-corrected chi connectivity index (χ3v) is 15.0. The second-order valence-electron chi connectivity index (χ2n) is 22.4. The summed E-state index contributed by atoms with van der Waals surface area (Å²) in [6, 6.07) is 0. The Morgan fingerprint density at radius 3 is 0.753 bits per heavy atom. The summed E-state index contributed by atoms with van der Waals surface area (Å²) in [7, 11) is 0. The number of ether oxygens (including phenoxy) is 3. The van der Waals surface area contributed by atoms with Crippen molar-refractivity contribution in [2.75, 3.05) is 13.2 Å². The van der Waals surface area contributed by atoms with E-state index in [-0.39, 0.29) is 31.1 Å². The highest BCUT2D eigenvalue weighted by Crippen LogP contribution is 2.18. The lowest BCUT2D eigenvalue weighted by Gasteiger charge is -2.18. The van der Waals surface area contributed by atoms with E-state index in [0.717, 1.165) is 70.6 Å². The van der Waals surface area contributed by atoms with Crippen LogP contribution in [0.25, 0.3) is 0 Å². The molecule has 0 N–H and O–H groups in total. The van der Waals surface area contributed by atoms with Crippen LogP contribution in [0.1, 0.15) is 367 Å². The molecule has 0 saturated heterocycles. The summed E-state index contributed by atoms with van der Waals surface area (Å²) >= 11 is 0. The molecule has 430 valence electrons. The molecular weight excluding hydrogens is 901 g/mol. The molecule has 0 aromatic rings. The lowest BCUT2D eigenvalue weighted by Crippen LogP contribution is -2.30. The Morgan fingerprint density at radius 1 is 0.274 bits per heavy atom. The topological polar surface area (TPSA) is 78.9 Å². The van der Waals surface area contributed by atoms with Crippen LogP contribution in [0.3, 0.4) is 0 Å². The lowest BCUT2D eigenvalue weighted by atomic mass is 10.0. The van der Waals surface area contributed by atoms with Gasteiger partial charge in [0.2, 0.25) is 0 Å². The van der Waals surface area contributed by atoms with Crippen molar-refractivity contribution in [3.63, 3.8) is 0 Å². The van der Waals surface area contributed by atoms with Gasteiger partial charge in [0.1, 0.15) is 13.2 Å². The Hall–Kier alpha value is -2.11. The highest BCUT2D eigenvalue weighted by Gasteiger charge is 2.19. The summed E-state index contributed by atoms with van der Waals surface area (Å²) in [5, 5.41) is 0. The van der Waals surface area contributed by atoms with Gasteiger partial charge in [0, 0.05) is 19.3 Å². The summed E-state index contributed by atoms with van der Waals surface area (Å²) in [5.74, 6) is -0.854. The first-order valence-corrected chi connectivity index (χ1v) is 32.8. The van der Waals surface area contributed by atoms with Gasteiger partial charge >= 0.3 is 17.9 Å². The molecule has 0 aromatic heterocycles. The standard InChI is InChI=1S/C67H126O6/c1-4-7-10-13-15-17-19-21-23-25-26-27-28-29-30-31-32-33-34-35-36-37-38-39-40-42-43-45-47-49-51-54-57-60-66(69)72-63-64(62-71-65(68)59-56-53-12-9-6-3)73-67(70)61-58-55-52-50-48-46-44-41-24-22-20-18-16-14-11-8-5-2/h19,21,25-26,64H,4-18,20,22-24,27-63H2,1-3H3/b21-19-,26-25-. The van der Waals surface area contributed by atoms with Gasteiger partial charge in [0.05, 0.1) is 0 Å². The minimum atomic E-state index is -0.762. The molecule has 0 bridgehead atoms. The van der Waals surface area contributed by atoms with Gasteiger partial charge in [-0.15, -0.1) is 0 Å². The molecule has 73 heavy (non-hydrogen) atoms. The van der Waals surface area contributed by atoms with Crippen LogP contribution in [-0.4, -0.2) is 37.2 Å². The molecule has 6 heteroatoms. The van der Waals surface area contributed by atoms with E-state index in [2.05, 4.69) is 45.1 Å². The predicted molar refractivity (Wildman–Crippen MR) is 316 cm³/mol. The lowest BCUT2D eigenvalue weighted by molar-refractivity contribution is -0.167. The molecule has 0 aliphatic carbocycles. The first kappa shape index (κ1) is 70.9. The van der Waals surface area contributed by atoms with Crippen molar-refractivity contribution >= 4 is 17.9 Å². The van der Waals surface area contributed by atoms with Crippen molar-refractivity contribution in [3.8, 4) is 0 Å². The molecule has 0 fully saturated rings. The quantitative estimate of drug-likeness (QED) is 0.0261. The van der Waals surface area contributed by atoms with Crippen LogP contribution < -0.4 is 0 Å². The summed E-state index contributed by atoms with van der Waals surface area (Å²) in [6.45, 7) is 6.61. The first-order chi connectivity index (χ1) is 36.0. The van der Waals surface area contributed by atoms with Gasteiger partial charge in [-0.05, 0) is 51.4 Å². The Balaban J connectivity index is 3.87. The Kier molecular flexibility index (Phi) is 60.6. The fourth-order valence-electron chi connectivity index (χ4n) is 10.0. The monoisotopic (exact) mass is 1030 g/mol. The van der Waals surface area contributed by atoms with Crippen LogP contribution in [0.4, 0.5) is 0 Å². The smallest absolute Gasteiger partial charge is 0.306 e. The van der Waals surface area contributed by atoms with Crippen LogP contribution in [0.2, 0.25) is 0 Å². The molecule has 1 atom stereocenters. The third kappa shape index (κ3) is 60.6. The average Bonchev–Trinajstić information content (AvgIpc) is 3.39. The van der Waals surface area contributed by atoms with Gasteiger partial charge in [0.25, 0.3) is 0 Å². The molecule has 0 aliphatic rings. The molecule has 0 radical (unpaired) electrons. The van der Waals surface area contributed by atoms with E-state index in [4.69, 9.17) is 14.2 Å². The fourth-order valence-corrected chi connectivity index (χ4v) is 10.0. The van der Waals surface area contributed by atoms with Crippen molar-refractivity contribution in [1.82, 2.24) is 0 Å². The number of carbonyl (C=O) groups is 3. The van der Waals surface area contributed by atoms with Crippen molar-refractivity contribution in [2.45, 2.75) is 374 Å². The largest absolute Gasteiger partial charge is 0.462 e. The van der Waals surface area contributed by atoms with E-state index in [1.54, 1.807) is 0 Å². The number of rotatable bonds is 61. The first-order valence-electron chi connectivity index (χ1n) is 32.8. The van der Waals surface area contributed by atoms with Gasteiger partial charge in [-0.25, -0.2) is 0 Å². The van der Waals surface area contributed by atoms with Crippen LogP contribution >= 0.6 is 0 Å². The van der Waals surface area contributed by atoms with Crippen molar-refractivity contribution in [1.29, 1.82) is 0 Å². The molecule has 0 rings (SSSR count). The number of esters is 3.